The summed E-state index contributed by atoms with van der Waals surface area (Å²) in [5.74, 6) is -0.653. The Kier molecular flexibility index (Phi) is 35.2. The van der Waals surface area contributed by atoms with E-state index in [0.717, 1.165) is 12.8 Å². The van der Waals surface area contributed by atoms with Gasteiger partial charge in [-0.15, -0.1) is 0 Å². The second-order valence-corrected chi connectivity index (χ2v) is 7.63. The summed E-state index contributed by atoms with van der Waals surface area (Å²) in [4.78, 5) is 31.9. The van der Waals surface area contributed by atoms with Crippen LogP contribution < -0.4 is 0 Å². The molecule has 0 aromatic carbocycles. The zero-order valence-corrected chi connectivity index (χ0v) is 18.9. The van der Waals surface area contributed by atoms with Gasteiger partial charge in [0.2, 0.25) is 0 Å². The second kappa shape index (κ2) is 26.9. The fourth-order valence-corrected chi connectivity index (χ4v) is 2.65. The van der Waals surface area contributed by atoms with Gasteiger partial charge in [-0.3, -0.25) is 4.79 Å². The van der Waals surface area contributed by atoms with Gasteiger partial charge in [0.1, 0.15) is 0 Å². The standard InChI is InChI=1S/C18H36O2.Al.Mg.H3O4P.5H/c1-2-3-4-5-6-7-8-9-10-11-12-13-14-15-16-17-18(19)20;;;1-5(2,3)4;;;;;/h2-17H2,1H3,(H,19,20);;;(H3,1,2,3,4);;;;;/q;;+2;;;;;2*-1. The second-order valence-electron chi connectivity index (χ2n) is 6.61. The van der Waals surface area contributed by atoms with Gasteiger partial charge in [0.25, 0.3) is 0 Å². The van der Waals surface area contributed by atoms with Crippen molar-refractivity contribution in [1.82, 2.24) is 0 Å². The molecule has 0 saturated heterocycles. The van der Waals surface area contributed by atoms with Crippen molar-refractivity contribution in [1.29, 1.82) is 0 Å². The number of phosphoric acid groups is 1. The topological polar surface area (TPSA) is 115 Å². The Hall–Kier alpha value is 0.879. The summed E-state index contributed by atoms with van der Waals surface area (Å²) in [6, 6.07) is 0. The van der Waals surface area contributed by atoms with Gasteiger partial charge in [0.05, 0.1) is 0 Å². The molecule has 0 aliphatic carbocycles. The minimum absolute atomic E-state index is 0. The monoisotopic (exact) mass is 438 g/mol. The van der Waals surface area contributed by atoms with E-state index in [1.165, 1.54) is 83.5 Å². The first kappa shape index (κ1) is 35.3. The van der Waals surface area contributed by atoms with Gasteiger partial charge < -0.3 is 22.6 Å². The van der Waals surface area contributed by atoms with E-state index in [-0.39, 0.29) is 43.3 Å². The third-order valence-electron chi connectivity index (χ3n) is 3.99. The Bertz CT molecular complexity index is 344. The molecule has 0 aromatic heterocycles. The fourth-order valence-electron chi connectivity index (χ4n) is 2.65. The minimum atomic E-state index is -4.64. The third-order valence-corrected chi connectivity index (χ3v) is 3.99. The summed E-state index contributed by atoms with van der Waals surface area (Å²) >= 11 is 0. The van der Waals surface area contributed by atoms with Crippen molar-refractivity contribution in [3.63, 3.8) is 0 Å². The molecule has 0 saturated carbocycles. The summed E-state index contributed by atoms with van der Waals surface area (Å²) in [6.07, 6.45) is 20.2. The fraction of sp³-hybridized carbons (Fsp3) is 0.944. The summed E-state index contributed by atoms with van der Waals surface area (Å²) in [5, 5.41) is 8.52. The number of hydrogen-bond acceptors (Lipinski definition) is 2. The molecule has 0 spiro atoms. The molecule has 0 aromatic rings. The van der Waals surface area contributed by atoms with Gasteiger partial charge in [-0.2, -0.15) is 0 Å². The SMILES string of the molecule is CCCCCCCCCCCCCCCCCC(=O)O.O=P(O)(O)O.[AlH3].[H-].[H-].[Mg+2]. The summed E-state index contributed by atoms with van der Waals surface area (Å²) in [7, 11) is -4.64. The van der Waals surface area contributed by atoms with Crippen LogP contribution in [0.5, 0.6) is 0 Å². The predicted molar refractivity (Wildman–Crippen MR) is 119 cm³/mol. The van der Waals surface area contributed by atoms with Gasteiger partial charge in [0.15, 0.2) is 17.4 Å². The number of carboxylic acid groups (broad SMARTS) is 1. The smallest absolute Gasteiger partial charge is 1.00 e. The maximum absolute atomic E-state index is 10.3. The van der Waals surface area contributed by atoms with Crippen molar-refractivity contribution in [3.8, 4) is 0 Å². The average Bonchev–Trinajstić information content (AvgIpc) is 2.49. The number of hydrogen-bond donors (Lipinski definition) is 4. The molecule has 0 radical (unpaired) electrons. The molecule has 4 N–H and O–H groups in total. The largest absolute Gasteiger partial charge is 2.00 e. The molecular formula is C18H44AlMgO6P. The molecule has 0 unspecified atom stereocenters. The summed E-state index contributed by atoms with van der Waals surface area (Å²) in [5.41, 5.74) is 0. The Morgan fingerprint density at radius 1 is 0.704 bits per heavy atom. The molecule has 0 bridgehead atoms. The van der Waals surface area contributed by atoms with Crippen LogP contribution in [0.2, 0.25) is 0 Å². The molecule has 0 heterocycles. The van der Waals surface area contributed by atoms with E-state index in [2.05, 4.69) is 6.92 Å². The van der Waals surface area contributed by atoms with Crippen LogP contribution in [0.25, 0.3) is 0 Å². The molecule has 6 nitrogen and oxygen atoms in total. The summed E-state index contributed by atoms with van der Waals surface area (Å²) in [6.45, 7) is 2.27. The number of aliphatic carboxylic acids is 1. The van der Waals surface area contributed by atoms with E-state index in [1.54, 1.807) is 0 Å². The summed E-state index contributed by atoms with van der Waals surface area (Å²) < 4.78 is 8.88. The third kappa shape index (κ3) is 52.0. The van der Waals surface area contributed by atoms with E-state index in [9.17, 15) is 4.79 Å². The van der Waals surface area contributed by atoms with E-state index in [1.807, 2.05) is 0 Å². The van der Waals surface area contributed by atoms with Crippen molar-refractivity contribution in [2.24, 2.45) is 0 Å². The first-order valence-electron chi connectivity index (χ1n) is 9.77. The van der Waals surface area contributed by atoms with E-state index in [4.69, 9.17) is 24.4 Å². The number of carboxylic acids is 1. The van der Waals surface area contributed by atoms with Crippen molar-refractivity contribution in [2.75, 3.05) is 0 Å². The Balaban J connectivity index is -0.000000131. The van der Waals surface area contributed by atoms with Gasteiger partial charge in [-0.1, -0.05) is 96.8 Å². The van der Waals surface area contributed by atoms with Crippen molar-refractivity contribution in [3.05, 3.63) is 0 Å². The maximum atomic E-state index is 10.3. The van der Waals surface area contributed by atoms with E-state index >= 15 is 0 Å². The number of unbranched alkanes of at least 4 members (excludes halogenated alkanes) is 14. The normalized spacial score (nSPS) is 10.2. The quantitative estimate of drug-likeness (QED) is 0.164. The van der Waals surface area contributed by atoms with Crippen LogP contribution in [0, 0.1) is 0 Å². The van der Waals surface area contributed by atoms with Crippen LogP contribution in [0.3, 0.4) is 0 Å². The zero-order valence-electron chi connectivity index (χ0n) is 18.6. The Morgan fingerprint density at radius 2 is 0.926 bits per heavy atom. The van der Waals surface area contributed by atoms with Gasteiger partial charge in [-0.05, 0) is 6.42 Å². The van der Waals surface area contributed by atoms with Crippen LogP contribution >= 0.6 is 7.82 Å². The number of carbonyl (C=O) groups is 1. The van der Waals surface area contributed by atoms with E-state index < -0.39 is 13.8 Å². The van der Waals surface area contributed by atoms with Crippen LogP contribution in [0.15, 0.2) is 0 Å². The van der Waals surface area contributed by atoms with Crippen LogP contribution in [0.4, 0.5) is 0 Å². The van der Waals surface area contributed by atoms with Crippen molar-refractivity contribution in [2.45, 2.75) is 110 Å². The average molecular weight is 439 g/mol. The molecule has 0 aliphatic heterocycles. The van der Waals surface area contributed by atoms with E-state index in [0.29, 0.717) is 6.42 Å². The first-order chi connectivity index (χ1) is 11.8. The molecule has 0 aliphatic rings. The molecule has 162 valence electrons. The predicted octanol–water partition coefficient (Wildman–Crippen LogP) is 4.06. The molecular weight excluding hydrogens is 394 g/mol. The molecule has 0 rings (SSSR count). The Labute approximate surface area is 195 Å². The Morgan fingerprint density at radius 3 is 1.15 bits per heavy atom. The van der Waals surface area contributed by atoms with Crippen LogP contribution in [-0.2, 0) is 9.36 Å². The van der Waals surface area contributed by atoms with Gasteiger partial charge in [0, 0.05) is 6.42 Å². The molecule has 27 heavy (non-hydrogen) atoms. The zero-order chi connectivity index (χ0) is 19.4. The van der Waals surface area contributed by atoms with Gasteiger partial charge >= 0.3 is 36.8 Å². The first-order valence-corrected chi connectivity index (χ1v) is 11.3. The van der Waals surface area contributed by atoms with Crippen LogP contribution in [-0.4, -0.2) is 66.2 Å². The molecule has 0 atom stereocenters. The molecule has 0 amide bonds. The maximum Gasteiger partial charge on any atom is 2.00 e. The number of rotatable bonds is 16. The van der Waals surface area contributed by atoms with Crippen LogP contribution in [0.1, 0.15) is 113 Å². The molecule has 0 fully saturated rings. The van der Waals surface area contributed by atoms with Crippen molar-refractivity contribution >= 4 is 54.2 Å². The minimum Gasteiger partial charge on any atom is -1.00 e. The van der Waals surface area contributed by atoms with Gasteiger partial charge in [-0.25, -0.2) is 4.57 Å². The molecule has 9 heteroatoms. The van der Waals surface area contributed by atoms with Crippen molar-refractivity contribution < 1.29 is 32.0 Å².